The Kier molecular flexibility index (Phi) is 5.66. The lowest BCUT2D eigenvalue weighted by molar-refractivity contribution is -0.170. The number of hydrogen-bond acceptors (Lipinski definition) is 7. The highest BCUT2D eigenvalue weighted by atomic mass is 16.6. The van der Waals surface area contributed by atoms with E-state index in [-0.39, 0.29) is 19.8 Å². The van der Waals surface area contributed by atoms with E-state index in [4.69, 9.17) is 14.2 Å². The van der Waals surface area contributed by atoms with Crippen LogP contribution in [0.5, 0.6) is 0 Å². The molecule has 2 unspecified atom stereocenters. The molecule has 0 aliphatic heterocycles. The molecule has 0 saturated heterocycles. The van der Waals surface area contributed by atoms with E-state index in [1.54, 1.807) is 51.1 Å². The van der Waals surface area contributed by atoms with Gasteiger partial charge in [-0.05, 0) is 26.3 Å². The minimum absolute atomic E-state index is 0.00546. The van der Waals surface area contributed by atoms with Crippen molar-refractivity contribution in [1.29, 1.82) is 5.26 Å². The van der Waals surface area contributed by atoms with Crippen molar-refractivity contribution in [2.24, 2.45) is 10.8 Å². The van der Waals surface area contributed by atoms with Crippen molar-refractivity contribution in [3.8, 4) is 6.07 Å². The van der Waals surface area contributed by atoms with E-state index in [0.29, 0.717) is 5.56 Å². The number of ether oxygens (including phenoxy) is 3. The third-order valence-electron chi connectivity index (χ3n) is 4.51. The quantitative estimate of drug-likeness (QED) is 0.416. The van der Waals surface area contributed by atoms with Gasteiger partial charge in [0, 0.05) is 5.92 Å². The fraction of sp³-hybridized carbons (Fsp3) is 0.474. The molecule has 0 bridgehead atoms. The Morgan fingerprint density at radius 1 is 0.923 bits per heavy atom. The number of rotatable bonds is 7. The summed E-state index contributed by atoms with van der Waals surface area (Å²) in [6.45, 7) is 4.73. The molecule has 1 aromatic carbocycles. The number of nitriles is 1. The normalized spacial score (nSPS) is 22.6. The van der Waals surface area contributed by atoms with Crippen LogP contribution < -0.4 is 0 Å². The first kappa shape index (κ1) is 19.4. The SMILES string of the molecule is CCOC(=O)C1(C#N)C(c2ccccc2)C1(C(=O)OCC)C(=O)OCC. The average molecular weight is 359 g/mol. The minimum atomic E-state index is -2.08. The van der Waals surface area contributed by atoms with Crippen LogP contribution in [0.1, 0.15) is 32.3 Å². The largest absolute Gasteiger partial charge is 0.465 e. The van der Waals surface area contributed by atoms with Gasteiger partial charge < -0.3 is 14.2 Å². The maximum atomic E-state index is 12.8. The maximum Gasteiger partial charge on any atom is 0.329 e. The van der Waals surface area contributed by atoms with Crippen molar-refractivity contribution < 1.29 is 28.6 Å². The zero-order valence-corrected chi connectivity index (χ0v) is 15.0. The minimum Gasteiger partial charge on any atom is -0.465 e. The molecule has 138 valence electrons. The van der Waals surface area contributed by atoms with Crippen molar-refractivity contribution in [3.05, 3.63) is 35.9 Å². The van der Waals surface area contributed by atoms with Gasteiger partial charge in [0.15, 0.2) is 5.41 Å². The molecular formula is C19H21NO6. The smallest absolute Gasteiger partial charge is 0.329 e. The van der Waals surface area contributed by atoms with Crippen LogP contribution in [-0.4, -0.2) is 37.7 Å². The first-order valence-electron chi connectivity index (χ1n) is 8.46. The van der Waals surface area contributed by atoms with E-state index >= 15 is 0 Å². The zero-order valence-electron chi connectivity index (χ0n) is 15.0. The van der Waals surface area contributed by atoms with Crippen LogP contribution in [0.4, 0.5) is 0 Å². The Morgan fingerprint density at radius 3 is 1.81 bits per heavy atom. The summed E-state index contributed by atoms with van der Waals surface area (Å²) in [7, 11) is 0. The van der Waals surface area contributed by atoms with Crippen molar-refractivity contribution in [2.45, 2.75) is 26.7 Å². The summed E-state index contributed by atoms with van der Waals surface area (Å²) >= 11 is 0. The second-order valence-electron chi connectivity index (χ2n) is 5.73. The predicted molar refractivity (Wildman–Crippen MR) is 89.6 cm³/mol. The molecule has 0 spiro atoms. The van der Waals surface area contributed by atoms with Crippen molar-refractivity contribution in [3.63, 3.8) is 0 Å². The van der Waals surface area contributed by atoms with Gasteiger partial charge in [-0.3, -0.25) is 14.4 Å². The van der Waals surface area contributed by atoms with Gasteiger partial charge in [0.25, 0.3) is 0 Å². The number of benzene rings is 1. The van der Waals surface area contributed by atoms with Crippen molar-refractivity contribution in [2.75, 3.05) is 19.8 Å². The number of esters is 3. The lowest BCUT2D eigenvalue weighted by atomic mass is 9.93. The van der Waals surface area contributed by atoms with E-state index in [1.165, 1.54) is 0 Å². The van der Waals surface area contributed by atoms with Crippen LogP contribution in [0, 0.1) is 22.2 Å². The van der Waals surface area contributed by atoms with E-state index in [1.807, 2.05) is 6.07 Å². The first-order valence-corrected chi connectivity index (χ1v) is 8.46. The second kappa shape index (κ2) is 7.56. The zero-order chi connectivity index (χ0) is 19.4. The van der Waals surface area contributed by atoms with E-state index < -0.39 is 34.7 Å². The second-order valence-corrected chi connectivity index (χ2v) is 5.73. The van der Waals surface area contributed by atoms with E-state index in [0.717, 1.165) is 0 Å². The van der Waals surface area contributed by atoms with Crippen molar-refractivity contribution in [1.82, 2.24) is 0 Å². The predicted octanol–water partition coefficient (Wildman–Crippen LogP) is 1.97. The molecule has 1 aromatic rings. The highest BCUT2D eigenvalue weighted by molar-refractivity contribution is 6.15. The Hall–Kier alpha value is -2.88. The van der Waals surface area contributed by atoms with Gasteiger partial charge in [-0.1, -0.05) is 30.3 Å². The maximum absolute atomic E-state index is 12.8. The molecular weight excluding hydrogens is 338 g/mol. The van der Waals surface area contributed by atoms with Crippen LogP contribution in [0.15, 0.2) is 30.3 Å². The Balaban J connectivity index is 2.71. The summed E-state index contributed by atoms with van der Waals surface area (Å²) in [6, 6.07) is 10.3. The molecule has 1 aliphatic rings. The first-order chi connectivity index (χ1) is 12.5. The fourth-order valence-electron chi connectivity index (χ4n) is 3.47. The molecule has 0 radical (unpaired) electrons. The van der Waals surface area contributed by atoms with Gasteiger partial charge in [0.2, 0.25) is 5.41 Å². The van der Waals surface area contributed by atoms with Gasteiger partial charge in [0.1, 0.15) is 0 Å². The molecule has 0 N–H and O–H groups in total. The number of hydrogen-bond donors (Lipinski definition) is 0. The van der Waals surface area contributed by atoms with E-state index in [2.05, 4.69) is 0 Å². The average Bonchev–Trinajstić information content (AvgIpc) is 3.29. The molecule has 0 amide bonds. The third kappa shape index (κ3) is 2.53. The van der Waals surface area contributed by atoms with Crippen LogP contribution in [0.25, 0.3) is 0 Å². The van der Waals surface area contributed by atoms with Gasteiger partial charge >= 0.3 is 17.9 Å². The highest BCUT2D eigenvalue weighted by Crippen LogP contribution is 2.75. The monoisotopic (exact) mass is 359 g/mol. The molecule has 0 heterocycles. The molecule has 0 aromatic heterocycles. The lowest BCUT2D eigenvalue weighted by Gasteiger charge is -2.17. The third-order valence-corrected chi connectivity index (χ3v) is 4.51. The van der Waals surface area contributed by atoms with Crippen LogP contribution in [-0.2, 0) is 28.6 Å². The number of carbonyl (C=O) groups excluding carboxylic acids is 3. The molecule has 1 saturated carbocycles. The Bertz CT molecular complexity index is 720. The molecule has 7 nitrogen and oxygen atoms in total. The van der Waals surface area contributed by atoms with Gasteiger partial charge in [-0.2, -0.15) is 5.26 Å². The molecule has 1 fully saturated rings. The molecule has 2 rings (SSSR count). The lowest BCUT2D eigenvalue weighted by Crippen LogP contribution is -2.39. The Labute approximate surface area is 151 Å². The molecule has 7 heteroatoms. The molecule has 1 aliphatic carbocycles. The topological polar surface area (TPSA) is 103 Å². The summed E-state index contributed by atoms with van der Waals surface area (Å²) in [4.78, 5) is 38.4. The van der Waals surface area contributed by atoms with Crippen LogP contribution in [0.2, 0.25) is 0 Å². The Morgan fingerprint density at radius 2 is 1.38 bits per heavy atom. The molecule has 26 heavy (non-hydrogen) atoms. The van der Waals surface area contributed by atoms with Gasteiger partial charge in [-0.15, -0.1) is 0 Å². The molecule has 2 atom stereocenters. The van der Waals surface area contributed by atoms with Crippen LogP contribution in [0.3, 0.4) is 0 Å². The van der Waals surface area contributed by atoms with Crippen LogP contribution >= 0.6 is 0 Å². The summed E-state index contributed by atoms with van der Waals surface area (Å²) < 4.78 is 15.2. The van der Waals surface area contributed by atoms with Gasteiger partial charge in [0.05, 0.1) is 25.9 Å². The summed E-state index contributed by atoms with van der Waals surface area (Å²) in [5.41, 5.74) is -3.62. The summed E-state index contributed by atoms with van der Waals surface area (Å²) in [5, 5.41) is 9.89. The van der Waals surface area contributed by atoms with Gasteiger partial charge in [-0.25, -0.2) is 0 Å². The van der Waals surface area contributed by atoms with E-state index in [9.17, 15) is 19.6 Å². The highest BCUT2D eigenvalue weighted by Gasteiger charge is 2.92. The fourth-order valence-corrected chi connectivity index (χ4v) is 3.47. The summed E-state index contributed by atoms with van der Waals surface area (Å²) in [6.07, 6.45) is 0. The van der Waals surface area contributed by atoms with Crippen molar-refractivity contribution >= 4 is 17.9 Å². The standard InChI is InChI=1S/C19H21NO6/c1-4-24-15(21)18(12-20)14(13-10-8-7-9-11-13)19(18,16(22)25-5-2)17(23)26-6-3/h7-11,14H,4-6H2,1-3H3. The number of carbonyl (C=O) groups is 3. The summed E-state index contributed by atoms with van der Waals surface area (Å²) in [5.74, 6) is -3.89. The number of nitrogens with zero attached hydrogens (tertiary/aromatic N) is 1.